The standard InChI is InChI=1S/C17H22N2O3S2/c1-14(18-24(20,21)15-6-3-2-4-7-15)17(16-8-5-13-23-16)19-9-11-22-12-10-19/h2-8,13-14,17-18H,9-12H2,1H3/t14-,17+/m0/s1. The second-order valence-corrected chi connectivity index (χ2v) is 8.52. The van der Waals surface area contributed by atoms with Crippen LogP contribution in [-0.2, 0) is 14.8 Å². The van der Waals surface area contributed by atoms with E-state index in [-0.39, 0.29) is 12.1 Å². The lowest BCUT2D eigenvalue weighted by atomic mass is 10.1. The van der Waals surface area contributed by atoms with E-state index in [2.05, 4.69) is 15.7 Å². The van der Waals surface area contributed by atoms with Crippen molar-refractivity contribution in [3.8, 4) is 0 Å². The summed E-state index contributed by atoms with van der Waals surface area (Å²) in [6, 6.07) is 12.3. The molecular formula is C17H22N2O3S2. The number of rotatable bonds is 6. The van der Waals surface area contributed by atoms with Gasteiger partial charge >= 0.3 is 0 Å². The van der Waals surface area contributed by atoms with Gasteiger partial charge in [0.1, 0.15) is 0 Å². The van der Waals surface area contributed by atoms with E-state index >= 15 is 0 Å². The third-order valence-corrected chi connectivity index (χ3v) is 6.66. The molecule has 2 heterocycles. The molecule has 2 atom stereocenters. The largest absolute Gasteiger partial charge is 0.379 e. The fraction of sp³-hybridized carbons (Fsp3) is 0.412. The van der Waals surface area contributed by atoms with E-state index in [1.54, 1.807) is 35.6 Å². The first-order valence-electron chi connectivity index (χ1n) is 8.00. The van der Waals surface area contributed by atoms with E-state index < -0.39 is 10.0 Å². The molecular weight excluding hydrogens is 344 g/mol. The van der Waals surface area contributed by atoms with Crippen LogP contribution < -0.4 is 4.72 Å². The summed E-state index contributed by atoms with van der Waals surface area (Å²) in [6.45, 7) is 4.90. The average Bonchev–Trinajstić information content (AvgIpc) is 3.10. The van der Waals surface area contributed by atoms with Gasteiger partial charge < -0.3 is 4.74 Å². The molecule has 0 bridgehead atoms. The van der Waals surface area contributed by atoms with Crippen molar-refractivity contribution >= 4 is 21.4 Å². The fourth-order valence-corrected chi connectivity index (χ4v) is 5.27. The lowest BCUT2D eigenvalue weighted by Gasteiger charge is -2.37. The zero-order chi connectivity index (χ0) is 17.0. The molecule has 0 spiro atoms. The van der Waals surface area contributed by atoms with Gasteiger partial charge in [0, 0.05) is 24.0 Å². The molecule has 130 valence electrons. The van der Waals surface area contributed by atoms with E-state index in [1.165, 1.54) is 4.88 Å². The molecule has 1 aliphatic rings. The van der Waals surface area contributed by atoms with Crippen molar-refractivity contribution in [1.82, 2.24) is 9.62 Å². The number of nitrogens with zero attached hydrogens (tertiary/aromatic N) is 1. The fourth-order valence-electron chi connectivity index (χ4n) is 3.03. The maximum Gasteiger partial charge on any atom is 0.240 e. The highest BCUT2D eigenvalue weighted by Gasteiger charge is 2.31. The number of benzene rings is 1. The zero-order valence-electron chi connectivity index (χ0n) is 13.6. The van der Waals surface area contributed by atoms with Gasteiger partial charge in [-0.1, -0.05) is 24.3 Å². The smallest absolute Gasteiger partial charge is 0.240 e. The Bertz CT molecular complexity index is 726. The highest BCUT2D eigenvalue weighted by atomic mass is 32.2. The predicted molar refractivity (Wildman–Crippen MR) is 95.7 cm³/mol. The van der Waals surface area contributed by atoms with E-state index in [9.17, 15) is 8.42 Å². The van der Waals surface area contributed by atoms with Gasteiger partial charge in [0.2, 0.25) is 10.0 Å². The molecule has 0 amide bonds. The summed E-state index contributed by atoms with van der Waals surface area (Å²) in [5, 5.41) is 2.03. The Balaban J connectivity index is 1.82. The van der Waals surface area contributed by atoms with Gasteiger partial charge in [0.05, 0.1) is 24.2 Å². The molecule has 5 nitrogen and oxygen atoms in total. The monoisotopic (exact) mass is 366 g/mol. The Morgan fingerprint density at radius 1 is 1.12 bits per heavy atom. The second kappa shape index (κ2) is 7.76. The summed E-state index contributed by atoms with van der Waals surface area (Å²) in [5.41, 5.74) is 0. The van der Waals surface area contributed by atoms with Crippen LogP contribution >= 0.6 is 11.3 Å². The first-order chi connectivity index (χ1) is 11.6. The summed E-state index contributed by atoms with van der Waals surface area (Å²) in [7, 11) is -3.54. The van der Waals surface area contributed by atoms with Crippen LogP contribution in [0.2, 0.25) is 0 Å². The van der Waals surface area contributed by atoms with Gasteiger partial charge in [-0.2, -0.15) is 0 Å². The maximum absolute atomic E-state index is 12.6. The lowest BCUT2D eigenvalue weighted by Crippen LogP contribution is -2.48. The van der Waals surface area contributed by atoms with Gasteiger partial charge in [-0.3, -0.25) is 4.90 Å². The van der Waals surface area contributed by atoms with Crippen molar-refractivity contribution in [2.45, 2.75) is 23.9 Å². The Morgan fingerprint density at radius 2 is 1.83 bits per heavy atom. The molecule has 3 rings (SSSR count). The molecule has 7 heteroatoms. The predicted octanol–water partition coefficient (Wildman–Crippen LogP) is 2.49. The summed E-state index contributed by atoms with van der Waals surface area (Å²) in [5.74, 6) is 0. The minimum absolute atomic E-state index is 0.00684. The topological polar surface area (TPSA) is 58.6 Å². The third-order valence-electron chi connectivity index (χ3n) is 4.14. The molecule has 24 heavy (non-hydrogen) atoms. The number of ether oxygens (including phenoxy) is 1. The average molecular weight is 367 g/mol. The molecule has 0 unspecified atom stereocenters. The molecule has 0 aliphatic carbocycles. The number of nitrogens with one attached hydrogen (secondary N) is 1. The van der Waals surface area contributed by atoms with Crippen LogP contribution in [0.4, 0.5) is 0 Å². The van der Waals surface area contributed by atoms with Gasteiger partial charge in [0.25, 0.3) is 0 Å². The molecule has 1 aliphatic heterocycles. The van der Waals surface area contributed by atoms with Crippen LogP contribution in [0.15, 0.2) is 52.7 Å². The summed E-state index contributed by atoms with van der Waals surface area (Å²) in [4.78, 5) is 3.76. The SMILES string of the molecule is C[C@H](NS(=O)(=O)c1ccccc1)[C@H](c1cccs1)N1CCOCC1. The number of morpholine rings is 1. The van der Waals surface area contributed by atoms with Crippen LogP contribution in [0.5, 0.6) is 0 Å². The van der Waals surface area contributed by atoms with Crippen LogP contribution in [-0.4, -0.2) is 45.7 Å². The van der Waals surface area contributed by atoms with Crippen molar-refractivity contribution < 1.29 is 13.2 Å². The minimum Gasteiger partial charge on any atom is -0.379 e. The molecule has 0 radical (unpaired) electrons. The zero-order valence-corrected chi connectivity index (χ0v) is 15.2. The van der Waals surface area contributed by atoms with Gasteiger partial charge in [-0.25, -0.2) is 13.1 Å². The minimum atomic E-state index is -3.54. The van der Waals surface area contributed by atoms with Crippen molar-refractivity contribution in [3.63, 3.8) is 0 Å². The van der Waals surface area contributed by atoms with Crippen molar-refractivity contribution in [2.75, 3.05) is 26.3 Å². The van der Waals surface area contributed by atoms with Crippen molar-refractivity contribution in [1.29, 1.82) is 0 Å². The molecule has 1 fully saturated rings. The van der Waals surface area contributed by atoms with Gasteiger partial charge in [-0.15, -0.1) is 11.3 Å². The number of sulfonamides is 1. The van der Waals surface area contributed by atoms with E-state index in [1.807, 2.05) is 24.4 Å². The van der Waals surface area contributed by atoms with E-state index in [0.717, 1.165) is 13.1 Å². The first-order valence-corrected chi connectivity index (χ1v) is 10.4. The van der Waals surface area contributed by atoms with E-state index in [0.29, 0.717) is 18.1 Å². The summed E-state index contributed by atoms with van der Waals surface area (Å²) >= 11 is 1.66. The van der Waals surface area contributed by atoms with Crippen LogP contribution in [0.1, 0.15) is 17.8 Å². The molecule has 0 saturated carbocycles. The molecule has 1 aromatic heterocycles. The summed E-state index contributed by atoms with van der Waals surface area (Å²) < 4.78 is 33.6. The Morgan fingerprint density at radius 3 is 2.46 bits per heavy atom. The Hall–Kier alpha value is -1.25. The maximum atomic E-state index is 12.6. The second-order valence-electron chi connectivity index (χ2n) is 5.83. The highest BCUT2D eigenvalue weighted by molar-refractivity contribution is 7.89. The normalized spacial score (nSPS) is 19.0. The summed E-state index contributed by atoms with van der Waals surface area (Å²) in [6.07, 6.45) is 0. The third kappa shape index (κ3) is 4.04. The van der Waals surface area contributed by atoms with Crippen LogP contribution in [0, 0.1) is 0 Å². The highest BCUT2D eigenvalue weighted by Crippen LogP contribution is 2.29. The molecule has 1 aromatic carbocycles. The Labute approximate surface area is 147 Å². The van der Waals surface area contributed by atoms with E-state index in [4.69, 9.17) is 4.74 Å². The number of thiophene rings is 1. The quantitative estimate of drug-likeness (QED) is 0.853. The van der Waals surface area contributed by atoms with Gasteiger partial charge in [-0.05, 0) is 30.5 Å². The molecule has 1 N–H and O–H groups in total. The molecule has 2 aromatic rings. The number of hydrogen-bond donors (Lipinski definition) is 1. The van der Waals surface area contributed by atoms with Crippen molar-refractivity contribution in [3.05, 3.63) is 52.7 Å². The lowest BCUT2D eigenvalue weighted by molar-refractivity contribution is 0.0113. The number of hydrogen-bond acceptors (Lipinski definition) is 5. The Kier molecular flexibility index (Phi) is 5.68. The van der Waals surface area contributed by atoms with Gasteiger partial charge in [0.15, 0.2) is 0 Å². The first kappa shape index (κ1) is 17.6. The van der Waals surface area contributed by atoms with Crippen LogP contribution in [0.25, 0.3) is 0 Å². The molecule has 1 saturated heterocycles. The van der Waals surface area contributed by atoms with Crippen LogP contribution in [0.3, 0.4) is 0 Å². The van der Waals surface area contributed by atoms with Crippen molar-refractivity contribution in [2.24, 2.45) is 0 Å².